The lowest BCUT2D eigenvalue weighted by molar-refractivity contribution is -0.115. The quantitative estimate of drug-likeness (QED) is 0.0510. The molecule has 3 atom stereocenters. The molecule has 416 valence electrons. The summed E-state index contributed by atoms with van der Waals surface area (Å²) in [6.45, 7) is 27.2. The third-order valence-corrected chi connectivity index (χ3v) is 20.6. The van der Waals surface area contributed by atoms with E-state index in [1.165, 1.54) is 51.4 Å². The molecular formula is C61H72N8O7S3. The van der Waals surface area contributed by atoms with E-state index < -0.39 is 17.9 Å². The van der Waals surface area contributed by atoms with Crippen LogP contribution >= 0.6 is 34.0 Å². The summed E-state index contributed by atoms with van der Waals surface area (Å²) in [6, 6.07) is 13.4. The van der Waals surface area contributed by atoms with Crippen molar-refractivity contribution < 1.29 is 34.5 Å². The van der Waals surface area contributed by atoms with Crippen LogP contribution in [0, 0.1) is 5.92 Å². The van der Waals surface area contributed by atoms with E-state index in [9.17, 15) is 34.5 Å². The van der Waals surface area contributed by atoms with Gasteiger partial charge in [-0.05, 0) is 93.0 Å². The summed E-state index contributed by atoms with van der Waals surface area (Å²) in [5, 5.41) is 31.3. The van der Waals surface area contributed by atoms with Gasteiger partial charge in [-0.15, -0.1) is 34.0 Å². The smallest absolute Gasteiger partial charge is 0.337 e. The Morgan fingerprint density at radius 1 is 0.570 bits per heavy atom. The summed E-state index contributed by atoms with van der Waals surface area (Å²) in [4.78, 5) is 83.3. The number of nitrogens with zero attached hydrogens (tertiary/aromatic N) is 8. The molecule has 0 saturated heterocycles. The number of hydrogen-bond acceptors (Lipinski definition) is 14. The van der Waals surface area contributed by atoms with Gasteiger partial charge in [0.25, 0.3) is 0 Å². The zero-order valence-electron chi connectivity index (χ0n) is 47.3. The van der Waals surface area contributed by atoms with Crippen LogP contribution in [0.25, 0.3) is 0 Å². The molecular weight excluding hydrogens is 1050 g/mol. The lowest BCUT2D eigenvalue weighted by Crippen LogP contribution is -2.36. The number of carboxylic acid groups (broad SMARTS) is 3. The van der Waals surface area contributed by atoms with Crippen molar-refractivity contribution in [2.45, 2.75) is 161 Å². The fourth-order valence-corrected chi connectivity index (χ4v) is 15.1. The average molecular weight is 1130 g/mol. The number of carbonyl (C=O) groups is 4. The highest BCUT2D eigenvalue weighted by molar-refractivity contribution is 7.16. The molecule has 1 amide bonds. The number of hydrogen-bond donors (Lipinski definition) is 3. The van der Waals surface area contributed by atoms with Crippen LogP contribution in [0.3, 0.4) is 0 Å². The lowest BCUT2D eigenvalue weighted by atomic mass is 9.65. The number of thiazole rings is 3. The first-order chi connectivity index (χ1) is 37.0. The summed E-state index contributed by atoms with van der Waals surface area (Å²) < 4.78 is 0. The summed E-state index contributed by atoms with van der Waals surface area (Å²) in [6.07, 6.45) is 17.8. The van der Waals surface area contributed by atoms with E-state index in [4.69, 9.17) is 15.0 Å². The Labute approximate surface area is 475 Å². The summed E-state index contributed by atoms with van der Waals surface area (Å²) in [5.41, 5.74) is 2.73. The number of aromatic carboxylic acids is 3. The molecule has 1 aromatic carbocycles. The minimum absolute atomic E-state index is 0.0325. The van der Waals surface area contributed by atoms with Crippen LogP contribution in [0.1, 0.15) is 191 Å². The number of carbonyl (C=O) groups excluding carboxylic acids is 1. The van der Waals surface area contributed by atoms with Crippen LogP contribution in [0.4, 0.5) is 32.7 Å². The predicted octanol–water partition coefficient (Wildman–Crippen LogP) is 14.4. The minimum Gasteiger partial charge on any atom is -0.478 e. The number of aromatic nitrogens is 5. The van der Waals surface area contributed by atoms with Gasteiger partial charge >= 0.3 is 17.9 Å². The Bertz CT molecular complexity index is 3340. The van der Waals surface area contributed by atoms with Crippen molar-refractivity contribution in [3.8, 4) is 0 Å². The second kappa shape index (κ2) is 21.1. The van der Waals surface area contributed by atoms with Crippen molar-refractivity contribution in [2.24, 2.45) is 5.92 Å². The van der Waals surface area contributed by atoms with Gasteiger partial charge in [-0.1, -0.05) is 107 Å². The maximum Gasteiger partial charge on any atom is 0.337 e. The fraction of sp³-hybridized carbons (Fsp3) is 0.459. The van der Waals surface area contributed by atoms with Gasteiger partial charge in [0, 0.05) is 85.2 Å². The van der Waals surface area contributed by atoms with Crippen molar-refractivity contribution in [3.05, 3.63) is 134 Å². The molecule has 3 unspecified atom stereocenters. The Hall–Kier alpha value is -6.63. The van der Waals surface area contributed by atoms with Crippen molar-refractivity contribution >= 4 is 90.5 Å². The van der Waals surface area contributed by atoms with E-state index in [1.54, 1.807) is 53.0 Å². The van der Waals surface area contributed by atoms with Crippen molar-refractivity contribution in [1.29, 1.82) is 0 Å². The number of allylic oxidation sites excluding steroid dienone is 4. The molecule has 79 heavy (non-hydrogen) atoms. The number of carboxylic acids is 3. The van der Waals surface area contributed by atoms with Crippen LogP contribution in [0.15, 0.2) is 85.2 Å². The first-order valence-electron chi connectivity index (χ1n) is 27.1. The first-order valence-corrected chi connectivity index (χ1v) is 29.5. The number of amides is 1. The SMILES string of the molecule is CC(=O)N(c1ccc(C(=O)O)cn1)c1nc2c(s1)C(C)(C)CCC2(C)CCC(C)CN(c1ccc(C(=O)O)cc1)c1nc2c(s1)C(C)(C)C=CC2(C)CCCCN(c1ccc(C(=O)O)cn1)c1nc2c(s1)C(C)(C)C=CC2(C)C. The highest BCUT2D eigenvalue weighted by Gasteiger charge is 2.45. The van der Waals surface area contributed by atoms with Crippen LogP contribution in [0.5, 0.6) is 0 Å². The van der Waals surface area contributed by atoms with E-state index in [2.05, 4.69) is 120 Å². The van der Waals surface area contributed by atoms with Crippen molar-refractivity contribution in [2.75, 3.05) is 27.8 Å². The fourth-order valence-electron chi connectivity index (χ4n) is 11.0. The van der Waals surface area contributed by atoms with Gasteiger partial charge in [0.15, 0.2) is 15.4 Å². The summed E-state index contributed by atoms with van der Waals surface area (Å²) >= 11 is 4.88. The Kier molecular flexibility index (Phi) is 15.3. The monoisotopic (exact) mass is 1120 g/mol. The molecule has 6 aromatic rings. The van der Waals surface area contributed by atoms with Gasteiger partial charge < -0.3 is 25.1 Å². The number of anilines is 6. The average Bonchev–Trinajstić information content (AvgIpc) is 4.30. The van der Waals surface area contributed by atoms with Crippen molar-refractivity contribution in [1.82, 2.24) is 24.9 Å². The third kappa shape index (κ3) is 11.3. The molecule has 5 heterocycles. The molecule has 0 spiro atoms. The van der Waals surface area contributed by atoms with E-state index in [0.717, 1.165) is 82.9 Å². The maximum atomic E-state index is 13.3. The molecule has 0 bridgehead atoms. The molecule has 0 aliphatic heterocycles. The van der Waals surface area contributed by atoms with Crippen molar-refractivity contribution in [3.63, 3.8) is 0 Å². The molecule has 3 aliphatic carbocycles. The summed E-state index contributed by atoms with van der Waals surface area (Å²) in [5.74, 6) is -2.25. The molecule has 9 rings (SSSR count). The number of benzene rings is 1. The zero-order chi connectivity index (χ0) is 57.2. The Morgan fingerprint density at radius 3 is 1.66 bits per heavy atom. The van der Waals surface area contributed by atoms with Gasteiger partial charge in [0.2, 0.25) is 5.91 Å². The normalized spacial score (nSPS) is 20.4. The molecule has 0 radical (unpaired) electrons. The lowest BCUT2D eigenvalue weighted by Gasteiger charge is -2.40. The second-order valence-corrected chi connectivity index (χ2v) is 27.6. The van der Waals surface area contributed by atoms with Crippen LogP contribution in [-0.4, -0.2) is 77.1 Å². The first kappa shape index (κ1) is 57.1. The van der Waals surface area contributed by atoms with Gasteiger partial charge in [0.1, 0.15) is 11.6 Å². The molecule has 18 heteroatoms. The molecule has 5 aromatic heterocycles. The molecule has 0 fully saturated rings. The van der Waals surface area contributed by atoms with Crippen LogP contribution in [0.2, 0.25) is 0 Å². The number of rotatable bonds is 19. The third-order valence-electron chi connectivity index (χ3n) is 16.3. The second-order valence-electron chi connectivity index (χ2n) is 24.7. The van der Waals surface area contributed by atoms with Gasteiger partial charge in [0.05, 0.1) is 33.8 Å². The van der Waals surface area contributed by atoms with E-state index in [1.807, 2.05) is 12.1 Å². The largest absolute Gasteiger partial charge is 0.478 e. The van der Waals surface area contributed by atoms with Crippen LogP contribution in [-0.2, 0) is 37.3 Å². The molecule has 15 nitrogen and oxygen atoms in total. The Morgan fingerprint density at radius 2 is 1.09 bits per heavy atom. The van der Waals surface area contributed by atoms with E-state index in [-0.39, 0.29) is 61.0 Å². The highest BCUT2D eigenvalue weighted by atomic mass is 32.1. The standard InChI is InChI=1S/C61H72N8O7S3/c1-36(23-25-61(12)31-29-59(9,10)49-46(61)66-55(79-49)69(37(2)70)43-22-18-40(34-63-43)52(75)76)35-68(41-19-15-38(16-20-41)50(71)72)54-65-45-48(78-54)58(7,8)28-30-60(45,11)24-13-14-32-67(42-21-17-39(33-62-42)51(73)74)53-64-44-47(77-53)57(5,6)27-26-56(44,3)4/h15-22,26-28,30,33-34,36H,13-14,23-25,29,31-32,35H2,1-12H3,(H,71,72)(H,73,74)(H,75,76). The zero-order valence-corrected chi connectivity index (χ0v) is 49.8. The number of fused-ring (bicyclic) bond motifs is 3. The number of unbranched alkanes of at least 4 members (excludes halogenated alkanes) is 1. The number of pyridine rings is 2. The topological polar surface area (TPSA) is 203 Å². The highest BCUT2D eigenvalue weighted by Crippen LogP contribution is 2.54. The maximum absolute atomic E-state index is 13.3. The van der Waals surface area contributed by atoms with Crippen LogP contribution < -0.4 is 14.7 Å². The minimum atomic E-state index is -1.09. The van der Waals surface area contributed by atoms with Gasteiger partial charge in [-0.3, -0.25) is 4.79 Å². The van der Waals surface area contributed by atoms with E-state index in [0.29, 0.717) is 29.9 Å². The molecule has 0 saturated carbocycles. The summed E-state index contributed by atoms with van der Waals surface area (Å²) in [7, 11) is 0. The molecule has 3 aliphatic rings. The van der Waals surface area contributed by atoms with Gasteiger partial charge in [-0.25, -0.2) is 44.2 Å². The Balaban J connectivity index is 0.966. The van der Waals surface area contributed by atoms with Gasteiger partial charge in [-0.2, -0.15) is 0 Å². The molecule has 3 N–H and O–H groups in total. The van der Waals surface area contributed by atoms with E-state index >= 15 is 0 Å². The predicted molar refractivity (Wildman–Crippen MR) is 316 cm³/mol.